The summed E-state index contributed by atoms with van der Waals surface area (Å²) in [6, 6.07) is 0. The summed E-state index contributed by atoms with van der Waals surface area (Å²) < 4.78 is 6.83. The van der Waals surface area contributed by atoms with Crippen LogP contribution in [0, 0.1) is 6.92 Å². The summed E-state index contributed by atoms with van der Waals surface area (Å²) in [4.78, 5) is 11.9. The average Bonchev–Trinajstić information content (AvgIpc) is 2.65. The Bertz CT molecular complexity index is 399. The molecule has 0 aliphatic carbocycles. The molecule has 0 bridgehead atoms. The van der Waals surface area contributed by atoms with Crippen molar-refractivity contribution in [2.75, 3.05) is 12.3 Å². The monoisotopic (exact) mass is 253 g/mol. The van der Waals surface area contributed by atoms with Crippen LogP contribution in [-0.4, -0.2) is 22.4 Å². The largest absolute Gasteiger partial charge is 0.461 e. The van der Waals surface area contributed by atoms with Crippen LogP contribution in [0.15, 0.2) is 0 Å². The Morgan fingerprint density at radius 2 is 2.06 bits per heavy atom. The molecule has 0 unspecified atom stereocenters. The van der Waals surface area contributed by atoms with Gasteiger partial charge in [0, 0.05) is 6.54 Å². The summed E-state index contributed by atoms with van der Waals surface area (Å²) in [6.45, 7) is 6.92. The van der Waals surface area contributed by atoms with E-state index in [-0.39, 0.29) is 5.97 Å². The number of aromatic nitrogens is 2. The second-order valence-electron chi connectivity index (χ2n) is 4.36. The van der Waals surface area contributed by atoms with Gasteiger partial charge in [0.2, 0.25) is 0 Å². The van der Waals surface area contributed by atoms with E-state index in [1.54, 1.807) is 11.6 Å². The van der Waals surface area contributed by atoms with Crippen molar-refractivity contribution < 1.29 is 9.53 Å². The van der Waals surface area contributed by atoms with Crippen LogP contribution in [0.3, 0.4) is 0 Å². The molecule has 0 amide bonds. The molecule has 2 N–H and O–H groups in total. The van der Waals surface area contributed by atoms with Gasteiger partial charge in [-0.3, -0.25) is 4.68 Å². The molecular formula is C13H23N3O2. The van der Waals surface area contributed by atoms with Crippen molar-refractivity contribution in [1.29, 1.82) is 0 Å². The second-order valence-corrected chi connectivity index (χ2v) is 4.36. The molecule has 0 aromatic carbocycles. The number of anilines is 1. The maximum atomic E-state index is 11.9. The van der Waals surface area contributed by atoms with Gasteiger partial charge in [-0.2, -0.15) is 5.10 Å². The van der Waals surface area contributed by atoms with Gasteiger partial charge < -0.3 is 10.5 Å². The fourth-order valence-corrected chi connectivity index (χ4v) is 1.80. The number of rotatable bonds is 7. The molecule has 1 heterocycles. The van der Waals surface area contributed by atoms with Gasteiger partial charge >= 0.3 is 5.97 Å². The molecule has 5 heteroatoms. The predicted molar refractivity (Wildman–Crippen MR) is 71.5 cm³/mol. The molecule has 0 spiro atoms. The van der Waals surface area contributed by atoms with Crippen molar-refractivity contribution in [2.24, 2.45) is 0 Å². The van der Waals surface area contributed by atoms with E-state index in [0.29, 0.717) is 30.2 Å². The summed E-state index contributed by atoms with van der Waals surface area (Å²) in [5.74, 6) is -0.369. The van der Waals surface area contributed by atoms with Crippen molar-refractivity contribution >= 4 is 11.7 Å². The van der Waals surface area contributed by atoms with Crippen molar-refractivity contribution in [1.82, 2.24) is 9.78 Å². The Morgan fingerprint density at radius 3 is 2.67 bits per heavy atom. The number of aryl methyl sites for hydroxylation is 2. The third kappa shape index (κ3) is 3.48. The summed E-state index contributed by atoms with van der Waals surface area (Å²) in [7, 11) is 0. The van der Waals surface area contributed by atoms with Crippen LogP contribution in [-0.2, 0) is 11.3 Å². The fourth-order valence-electron chi connectivity index (χ4n) is 1.80. The Labute approximate surface area is 108 Å². The molecule has 1 rings (SSSR count). The van der Waals surface area contributed by atoms with E-state index >= 15 is 0 Å². The third-order valence-electron chi connectivity index (χ3n) is 2.90. The summed E-state index contributed by atoms with van der Waals surface area (Å²) in [5.41, 5.74) is 7.33. The molecule has 5 nitrogen and oxygen atoms in total. The zero-order chi connectivity index (χ0) is 13.5. The predicted octanol–water partition coefficient (Wildman–Crippen LogP) is 2.53. The van der Waals surface area contributed by atoms with Gasteiger partial charge in [0.15, 0.2) is 5.69 Å². The Morgan fingerprint density at radius 1 is 1.33 bits per heavy atom. The molecule has 0 radical (unpaired) electrons. The molecule has 1 aromatic rings. The van der Waals surface area contributed by atoms with Crippen LogP contribution in [0.1, 0.15) is 55.7 Å². The standard InChI is InChI=1S/C13H23N3O2/c1-4-6-7-8-9-18-13(17)12-11(14)10(3)15-16(12)5-2/h4-9,14H2,1-3H3. The Hall–Kier alpha value is -1.52. The van der Waals surface area contributed by atoms with Gasteiger partial charge in [0.1, 0.15) is 0 Å². The topological polar surface area (TPSA) is 70.1 Å². The first-order valence-corrected chi connectivity index (χ1v) is 6.61. The van der Waals surface area contributed by atoms with Gasteiger partial charge in [-0.1, -0.05) is 26.2 Å². The normalized spacial score (nSPS) is 10.6. The first-order valence-electron chi connectivity index (χ1n) is 6.61. The minimum atomic E-state index is -0.369. The maximum Gasteiger partial charge on any atom is 0.358 e. The lowest BCUT2D eigenvalue weighted by molar-refractivity contribution is 0.0485. The number of nitrogens with zero attached hydrogens (tertiary/aromatic N) is 2. The minimum Gasteiger partial charge on any atom is -0.461 e. The summed E-state index contributed by atoms with van der Waals surface area (Å²) in [5, 5.41) is 4.20. The number of esters is 1. The molecule has 102 valence electrons. The number of hydrogen-bond donors (Lipinski definition) is 1. The Kier molecular flexibility index (Phi) is 5.68. The number of nitrogen functional groups attached to an aromatic ring is 1. The highest BCUT2D eigenvalue weighted by molar-refractivity contribution is 5.93. The lowest BCUT2D eigenvalue weighted by atomic mass is 10.2. The third-order valence-corrected chi connectivity index (χ3v) is 2.90. The van der Waals surface area contributed by atoms with Crippen molar-refractivity contribution in [2.45, 2.75) is 53.0 Å². The lowest BCUT2D eigenvalue weighted by Gasteiger charge is -2.06. The molecule has 0 aliphatic heterocycles. The second kappa shape index (κ2) is 7.03. The quantitative estimate of drug-likeness (QED) is 0.599. The van der Waals surface area contributed by atoms with Gasteiger partial charge in [0.25, 0.3) is 0 Å². The number of nitrogens with two attached hydrogens (primary N) is 1. The highest BCUT2D eigenvalue weighted by Gasteiger charge is 2.20. The number of unbranched alkanes of at least 4 members (excludes halogenated alkanes) is 3. The van der Waals surface area contributed by atoms with Gasteiger partial charge in [-0.05, 0) is 20.3 Å². The number of ether oxygens (including phenoxy) is 1. The SMILES string of the molecule is CCCCCCOC(=O)c1c(N)c(C)nn1CC. The average molecular weight is 253 g/mol. The number of carbonyl (C=O) groups excluding carboxylic acids is 1. The first kappa shape index (κ1) is 14.5. The van der Waals surface area contributed by atoms with Crippen LogP contribution in [0.5, 0.6) is 0 Å². The van der Waals surface area contributed by atoms with Crippen LogP contribution in [0.2, 0.25) is 0 Å². The minimum absolute atomic E-state index is 0.369. The van der Waals surface area contributed by atoms with Crippen molar-refractivity contribution in [3.05, 3.63) is 11.4 Å². The van der Waals surface area contributed by atoms with Crippen LogP contribution >= 0.6 is 0 Å². The van der Waals surface area contributed by atoms with E-state index < -0.39 is 0 Å². The smallest absolute Gasteiger partial charge is 0.358 e. The molecule has 18 heavy (non-hydrogen) atoms. The van der Waals surface area contributed by atoms with Crippen LogP contribution in [0.4, 0.5) is 5.69 Å². The van der Waals surface area contributed by atoms with Crippen molar-refractivity contribution in [3.63, 3.8) is 0 Å². The highest BCUT2D eigenvalue weighted by atomic mass is 16.5. The fraction of sp³-hybridized carbons (Fsp3) is 0.692. The number of carbonyl (C=O) groups is 1. The zero-order valence-corrected chi connectivity index (χ0v) is 11.5. The van der Waals surface area contributed by atoms with E-state index in [4.69, 9.17) is 10.5 Å². The molecular weight excluding hydrogens is 230 g/mol. The first-order chi connectivity index (χ1) is 8.61. The summed E-state index contributed by atoms with van der Waals surface area (Å²) in [6.07, 6.45) is 4.33. The highest BCUT2D eigenvalue weighted by Crippen LogP contribution is 2.17. The Balaban J connectivity index is 2.56. The molecule has 1 aromatic heterocycles. The van der Waals surface area contributed by atoms with E-state index in [0.717, 1.165) is 12.8 Å². The zero-order valence-electron chi connectivity index (χ0n) is 11.5. The summed E-state index contributed by atoms with van der Waals surface area (Å²) >= 11 is 0. The lowest BCUT2D eigenvalue weighted by Crippen LogP contribution is -2.14. The number of hydrogen-bond acceptors (Lipinski definition) is 4. The molecule has 0 saturated heterocycles. The van der Waals surface area contributed by atoms with Gasteiger partial charge in [0.05, 0.1) is 18.0 Å². The van der Waals surface area contributed by atoms with E-state index in [1.165, 1.54) is 12.8 Å². The van der Waals surface area contributed by atoms with E-state index in [1.807, 2.05) is 6.92 Å². The molecule has 0 fully saturated rings. The van der Waals surface area contributed by atoms with Crippen molar-refractivity contribution in [3.8, 4) is 0 Å². The van der Waals surface area contributed by atoms with Crippen LogP contribution in [0.25, 0.3) is 0 Å². The van der Waals surface area contributed by atoms with E-state index in [2.05, 4.69) is 12.0 Å². The molecule has 0 saturated carbocycles. The maximum absolute atomic E-state index is 11.9. The van der Waals surface area contributed by atoms with E-state index in [9.17, 15) is 4.79 Å². The van der Waals surface area contributed by atoms with Gasteiger partial charge in [-0.25, -0.2) is 4.79 Å². The van der Waals surface area contributed by atoms with Crippen LogP contribution < -0.4 is 5.73 Å². The van der Waals surface area contributed by atoms with Gasteiger partial charge in [-0.15, -0.1) is 0 Å². The molecule has 0 atom stereocenters. The molecule has 0 aliphatic rings.